The summed E-state index contributed by atoms with van der Waals surface area (Å²) in [6.45, 7) is 6.11. The maximum Gasteiger partial charge on any atom is 0.154 e. The summed E-state index contributed by atoms with van der Waals surface area (Å²) in [6, 6.07) is 5.62. The third-order valence-electron chi connectivity index (χ3n) is 3.45. The molecule has 1 aromatic carbocycles. The molecule has 0 amide bonds. The summed E-state index contributed by atoms with van der Waals surface area (Å²) in [6.07, 6.45) is 2.13. The monoisotopic (exact) mass is 287 g/mol. The van der Waals surface area contributed by atoms with Crippen LogP contribution in [-0.2, 0) is 9.84 Å². The molecule has 0 fully saturated rings. The lowest BCUT2D eigenvalue weighted by Gasteiger charge is -2.34. The molecule has 1 unspecified atom stereocenters. The van der Waals surface area contributed by atoms with Crippen molar-refractivity contribution in [3.8, 4) is 0 Å². The van der Waals surface area contributed by atoms with Crippen molar-refractivity contribution in [2.45, 2.75) is 38.0 Å². The Morgan fingerprint density at radius 1 is 1.26 bits per heavy atom. The van der Waals surface area contributed by atoms with Crippen molar-refractivity contribution in [2.24, 2.45) is 0 Å². The molecule has 0 aliphatic carbocycles. The molecular formula is C14H22FNO2S. The van der Waals surface area contributed by atoms with Crippen molar-refractivity contribution in [1.82, 2.24) is 5.32 Å². The van der Waals surface area contributed by atoms with E-state index in [1.165, 1.54) is 18.4 Å². The van der Waals surface area contributed by atoms with Gasteiger partial charge in [0.2, 0.25) is 0 Å². The molecule has 0 aliphatic heterocycles. The van der Waals surface area contributed by atoms with E-state index in [0.29, 0.717) is 6.54 Å². The quantitative estimate of drug-likeness (QED) is 0.875. The van der Waals surface area contributed by atoms with Crippen LogP contribution in [0.15, 0.2) is 24.3 Å². The van der Waals surface area contributed by atoms with Crippen LogP contribution < -0.4 is 5.32 Å². The number of hydrogen-bond donors (Lipinski definition) is 1. The Bertz CT molecular complexity index is 509. The SMILES string of the molecule is CCCNC(c1ccc(F)cc1)C(C)(C)S(C)(=O)=O. The van der Waals surface area contributed by atoms with Crippen molar-refractivity contribution in [3.63, 3.8) is 0 Å². The van der Waals surface area contributed by atoms with Gasteiger partial charge in [0.25, 0.3) is 0 Å². The first-order chi connectivity index (χ1) is 8.70. The van der Waals surface area contributed by atoms with E-state index in [1.54, 1.807) is 26.0 Å². The van der Waals surface area contributed by atoms with Gasteiger partial charge in [-0.2, -0.15) is 0 Å². The standard InChI is InChI=1S/C14H22FNO2S/c1-5-10-16-13(14(2,3)19(4,17)18)11-6-8-12(15)9-7-11/h6-9,13,16H,5,10H2,1-4H3. The molecule has 0 saturated heterocycles. The van der Waals surface area contributed by atoms with Gasteiger partial charge in [-0.3, -0.25) is 0 Å². The Kier molecular flexibility index (Phi) is 5.10. The second-order valence-electron chi connectivity index (χ2n) is 5.31. The minimum Gasteiger partial charge on any atom is -0.309 e. The van der Waals surface area contributed by atoms with Crippen LogP contribution in [0.4, 0.5) is 4.39 Å². The van der Waals surface area contributed by atoms with Crippen LogP contribution in [-0.4, -0.2) is 26.0 Å². The van der Waals surface area contributed by atoms with E-state index < -0.39 is 14.6 Å². The lowest BCUT2D eigenvalue weighted by Crippen LogP contribution is -2.45. The van der Waals surface area contributed by atoms with E-state index in [4.69, 9.17) is 0 Å². The minimum atomic E-state index is -3.25. The van der Waals surface area contributed by atoms with Crippen LogP contribution in [0.2, 0.25) is 0 Å². The number of sulfone groups is 1. The highest BCUT2D eigenvalue weighted by molar-refractivity contribution is 7.92. The van der Waals surface area contributed by atoms with Crippen LogP contribution in [0, 0.1) is 5.82 Å². The second-order valence-corrected chi connectivity index (χ2v) is 7.91. The van der Waals surface area contributed by atoms with Gasteiger partial charge in [0, 0.05) is 6.26 Å². The molecule has 0 heterocycles. The summed E-state index contributed by atoms with van der Waals surface area (Å²) in [5.41, 5.74) is 0.783. The summed E-state index contributed by atoms with van der Waals surface area (Å²) in [7, 11) is -3.25. The molecule has 0 aromatic heterocycles. The van der Waals surface area contributed by atoms with Gasteiger partial charge in [0.1, 0.15) is 5.82 Å². The summed E-state index contributed by atoms with van der Waals surface area (Å²) in [4.78, 5) is 0. The average molecular weight is 287 g/mol. The van der Waals surface area contributed by atoms with Crippen molar-refractivity contribution in [1.29, 1.82) is 0 Å². The van der Waals surface area contributed by atoms with Gasteiger partial charge in [0.15, 0.2) is 9.84 Å². The van der Waals surface area contributed by atoms with Crippen LogP contribution in [0.1, 0.15) is 38.8 Å². The molecule has 0 radical (unpaired) electrons. The summed E-state index contributed by atoms with van der Waals surface area (Å²) < 4.78 is 36.0. The fourth-order valence-electron chi connectivity index (χ4n) is 1.92. The van der Waals surface area contributed by atoms with Crippen molar-refractivity contribution >= 4 is 9.84 Å². The molecule has 1 rings (SSSR count). The zero-order chi connectivity index (χ0) is 14.7. The van der Waals surface area contributed by atoms with Crippen molar-refractivity contribution < 1.29 is 12.8 Å². The van der Waals surface area contributed by atoms with Crippen LogP contribution in [0.3, 0.4) is 0 Å². The van der Waals surface area contributed by atoms with Gasteiger partial charge in [0.05, 0.1) is 10.8 Å². The molecule has 0 aliphatic rings. The highest BCUT2D eigenvalue weighted by atomic mass is 32.2. The summed E-state index contributed by atoms with van der Waals surface area (Å²) in [5.74, 6) is -0.324. The molecule has 1 aromatic rings. The van der Waals surface area contributed by atoms with Gasteiger partial charge in [-0.05, 0) is 44.5 Å². The number of nitrogens with one attached hydrogen (secondary N) is 1. The summed E-state index contributed by atoms with van der Waals surface area (Å²) in [5, 5.41) is 3.25. The minimum absolute atomic E-state index is 0.324. The number of halogens is 1. The Hall–Kier alpha value is -0.940. The van der Waals surface area contributed by atoms with E-state index in [1.807, 2.05) is 6.92 Å². The molecule has 0 saturated carbocycles. The first kappa shape index (κ1) is 16.1. The zero-order valence-corrected chi connectivity index (χ0v) is 12.7. The Morgan fingerprint density at radius 2 is 1.79 bits per heavy atom. The van der Waals surface area contributed by atoms with Crippen LogP contribution in [0.25, 0.3) is 0 Å². The Balaban J connectivity index is 3.18. The fraction of sp³-hybridized carbons (Fsp3) is 0.571. The van der Waals surface area contributed by atoms with Gasteiger partial charge >= 0.3 is 0 Å². The molecule has 108 valence electrons. The molecule has 0 bridgehead atoms. The number of hydrogen-bond acceptors (Lipinski definition) is 3. The number of benzene rings is 1. The Morgan fingerprint density at radius 3 is 2.21 bits per heavy atom. The Labute approximate surface area is 115 Å². The van der Waals surface area contributed by atoms with Crippen LogP contribution in [0.5, 0.6) is 0 Å². The maximum absolute atomic E-state index is 13.0. The maximum atomic E-state index is 13.0. The third kappa shape index (κ3) is 3.76. The second kappa shape index (κ2) is 6.01. The molecular weight excluding hydrogens is 265 g/mol. The fourth-order valence-corrected chi connectivity index (χ4v) is 2.57. The van der Waals surface area contributed by atoms with E-state index in [-0.39, 0.29) is 11.9 Å². The first-order valence-corrected chi connectivity index (χ1v) is 8.27. The normalized spacial score (nSPS) is 14.4. The van der Waals surface area contributed by atoms with Gasteiger partial charge in [-0.25, -0.2) is 12.8 Å². The molecule has 19 heavy (non-hydrogen) atoms. The van der Waals surface area contributed by atoms with Crippen molar-refractivity contribution in [2.75, 3.05) is 12.8 Å². The molecule has 0 spiro atoms. The molecule has 1 N–H and O–H groups in total. The number of rotatable bonds is 6. The lowest BCUT2D eigenvalue weighted by molar-refractivity contribution is 0.419. The topological polar surface area (TPSA) is 46.2 Å². The molecule has 1 atom stereocenters. The molecule has 5 heteroatoms. The zero-order valence-electron chi connectivity index (χ0n) is 11.9. The largest absolute Gasteiger partial charge is 0.309 e. The predicted octanol–water partition coefficient (Wildman–Crippen LogP) is 2.69. The molecule has 3 nitrogen and oxygen atoms in total. The average Bonchev–Trinajstić information content (AvgIpc) is 2.30. The van der Waals surface area contributed by atoms with Gasteiger partial charge < -0.3 is 5.32 Å². The van der Waals surface area contributed by atoms with Gasteiger partial charge in [-0.1, -0.05) is 19.1 Å². The van der Waals surface area contributed by atoms with Crippen LogP contribution >= 0.6 is 0 Å². The van der Waals surface area contributed by atoms with E-state index in [2.05, 4.69) is 5.32 Å². The third-order valence-corrected chi connectivity index (χ3v) is 5.60. The lowest BCUT2D eigenvalue weighted by atomic mass is 9.95. The smallest absolute Gasteiger partial charge is 0.154 e. The highest BCUT2D eigenvalue weighted by Crippen LogP contribution is 2.32. The van der Waals surface area contributed by atoms with Gasteiger partial charge in [-0.15, -0.1) is 0 Å². The van der Waals surface area contributed by atoms with E-state index >= 15 is 0 Å². The predicted molar refractivity (Wildman–Crippen MR) is 76.4 cm³/mol. The van der Waals surface area contributed by atoms with Crippen molar-refractivity contribution in [3.05, 3.63) is 35.6 Å². The first-order valence-electron chi connectivity index (χ1n) is 6.38. The highest BCUT2D eigenvalue weighted by Gasteiger charge is 2.39. The summed E-state index contributed by atoms with van der Waals surface area (Å²) >= 11 is 0. The van der Waals surface area contributed by atoms with E-state index in [0.717, 1.165) is 12.0 Å². The van der Waals surface area contributed by atoms with E-state index in [9.17, 15) is 12.8 Å².